The monoisotopic (exact) mass is 251 g/mol. The van der Waals surface area contributed by atoms with Gasteiger partial charge in [-0.3, -0.25) is 0 Å². The second kappa shape index (κ2) is 6.35. The minimum absolute atomic E-state index is 0.203. The number of anilines is 1. The Labute approximate surface area is 106 Å². The Hall–Kier alpha value is -1.62. The van der Waals surface area contributed by atoms with Crippen LogP contribution in [0.1, 0.15) is 19.3 Å². The molecule has 0 aromatic heterocycles. The lowest BCUT2D eigenvalue weighted by molar-refractivity contribution is 0.251. The SMILES string of the molecule is O=C(NCC[C@H]1CCCN1)Nc1ccccc1F. The fourth-order valence-electron chi connectivity index (χ4n) is 2.09. The molecule has 1 aromatic carbocycles. The molecule has 1 aliphatic heterocycles. The van der Waals surface area contributed by atoms with Gasteiger partial charge in [-0.25, -0.2) is 9.18 Å². The first-order valence-corrected chi connectivity index (χ1v) is 6.28. The molecule has 1 aromatic rings. The topological polar surface area (TPSA) is 53.2 Å². The summed E-state index contributed by atoms with van der Waals surface area (Å²) in [6.45, 7) is 1.66. The Kier molecular flexibility index (Phi) is 4.52. The molecule has 4 nitrogen and oxygen atoms in total. The molecule has 5 heteroatoms. The average molecular weight is 251 g/mol. The summed E-state index contributed by atoms with van der Waals surface area (Å²) in [5.74, 6) is -0.426. The highest BCUT2D eigenvalue weighted by atomic mass is 19.1. The molecule has 0 aliphatic carbocycles. The minimum atomic E-state index is -0.426. The van der Waals surface area contributed by atoms with Crippen LogP contribution < -0.4 is 16.0 Å². The van der Waals surface area contributed by atoms with E-state index in [-0.39, 0.29) is 11.7 Å². The van der Waals surface area contributed by atoms with Gasteiger partial charge in [0.15, 0.2) is 0 Å². The molecule has 0 bridgehead atoms. The number of amides is 2. The van der Waals surface area contributed by atoms with Crippen LogP contribution in [0.3, 0.4) is 0 Å². The predicted molar refractivity (Wildman–Crippen MR) is 69.1 cm³/mol. The lowest BCUT2D eigenvalue weighted by atomic mass is 10.1. The van der Waals surface area contributed by atoms with E-state index in [1.54, 1.807) is 12.1 Å². The Balaban J connectivity index is 1.70. The van der Waals surface area contributed by atoms with Crippen LogP contribution in [0.5, 0.6) is 0 Å². The lowest BCUT2D eigenvalue weighted by Crippen LogP contribution is -2.33. The van der Waals surface area contributed by atoms with Gasteiger partial charge in [-0.1, -0.05) is 12.1 Å². The summed E-state index contributed by atoms with van der Waals surface area (Å²) in [4.78, 5) is 11.5. The van der Waals surface area contributed by atoms with Gasteiger partial charge in [0.25, 0.3) is 0 Å². The van der Waals surface area contributed by atoms with Gasteiger partial charge in [-0.05, 0) is 37.9 Å². The number of carbonyl (C=O) groups is 1. The lowest BCUT2D eigenvalue weighted by Gasteiger charge is -2.11. The normalized spacial score (nSPS) is 18.6. The van der Waals surface area contributed by atoms with Crippen molar-refractivity contribution in [1.82, 2.24) is 10.6 Å². The number of nitrogens with one attached hydrogen (secondary N) is 3. The molecule has 0 spiro atoms. The third-order valence-electron chi connectivity index (χ3n) is 3.06. The number of carbonyl (C=O) groups excluding carboxylic acids is 1. The van der Waals surface area contributed by atoms with Gasteiger partial charge in [0, 0.05) is 12.6 Å². The fourth-order valence-corrected chi connectivity index (χ4v) is 2.09. The van der Waals surface area contributed by atoms with Gasteiger partial charge in [0.05, 0.1) is 5.69 Å². The zero-order chi connectivity index (χ0) is 12.8. The molecular formula is C13H18FN3O. The van der Waals surface area contributed by atoms with Crippen molar-refractivity contribution in [2.45, 2.75) is 25.3 Å². The standard InChI is InChI=1S/C13H18FN3O/c14-11-5-1-2-6-12(11)17-13(18)16-9-7-10-4-3-8-15-10/h1-2,5-6,10,15H,3-4,7-9H2,(H2,16,17,18)/t10-/m1/s1. The van der Waals surface area contributed by atoms with Gasteiger partial charge < -0.3 is 16.0 Å². The van der Waals surface area contributed by atoms with Crippen molar-refractivity contribution in [2.24, 2.45) is 0 Å². The number of hydrogen-bond acceptors (Lipinski definition) is 2. The van der Waals surface area contributed by atoms with Crippen LogP contribution in [0.25, 0.3) is 0 Å². The van der Waals surface area contributed by atoms with Gasteiger partial charge in [0.2, 0.25) is 0 Å². The van der Waals surface area contributed by atoms with Gasteiger partial charge in [-0.15, -0.1) is 0 Å². The predicted octanol–water partition coefficient (Wildman–Crippen LogP) is 2.09. The number of urea groups is 1. The Morgan fingerprint density at radius 1 is 1.44 bits per heavy atom. The van der Waals surface area contributed by atoms with Crippen LogP contribution in [0.4, 0.5) is 14.9 Å². The highest BCUT2D eigenvalue weighted by Gasteiger charge is 2.13. The molecule has 3 N–H and O–H groups in total. The van der Waals surface area contributed by atoms with E-state index in [4.69, 9.17) is 0 Å². The van der Waals surface area contributed by atoms with Gasteiger partial charge in [0.1, 0.15) is 5.82 Å². The highest BCUT2D eigenvalue weighted by Crippen LogP contribution is 2.12. The van der Waals surface area contributed by atoms with Crippen molar-refractivity contribution >= 4 is 11.7 Å². The number of hydrogen-bond donors (Lipinski definition) is 3. The zero-order valence-corrected chi connectivity index (χ0v) is 10.2. The zero-order valence-electron chi connectivity index (χ0n) is 10.2. The smallest absolute Gasteiger partial charge is 0.319 e. The first-order chi connectivity index (χ1) is 8.75. The summed E-state index contributed by atoms with van der Waals surface area (Å²) >= 11 is 0. The second-order valence-corrected chi connectivity index (χ2v) is 4.44. The van der Waals surface area contributed by atoms with E-state index in [1.807, 2.05) is 0 Å². The van der Waals surface area contributed by atoms with Crippen molar-refractivity contribution in [3.8, 4) is 0 Å². The molecule has 1 heterocycles. The quantitative estimate of drug-likeness (QED) is 0.767. The highest BCUT2D eigenvalue weighted by molar-refractivity contribution is 5.89. The van der Waals surface area contributed by atoms with E-state index < -0.39 is 5.82 Å². The molecule has 0 radical (unpaired) electrons. The first-order valence-electron chi connectivity index (χ1n) is 6.28. The van der Waals surface area contributed by atoms with Crippen LogP contribution in [0.2, 0.25) is 0 Å². The third kappa shape index (κ3) is 3.70. The summed E-state index contributed by atoms with van der Waals surface area (Å²) < 4.78 is 13.3. The van der Waals surface area contributed by atoms with Gasteiger partial charge in [-0.2, -0.15) is 0 Å². The molecule has 1 atom stereocenters. The number of benzene rings is 1. The Morgan fingerprint density at radius 2 is 2.28 bits per heavy atom. The van der Waals surface area contributed by atoms with Crippen LogP contribution in [-0.2, 0) is 0 Å². The maximum Gasteiger partial charge on any atom is 0.319 e. The van der Waals surface area contributed by atoms with Crippen LogP contribution in [-0.4, -0.2) is 25.2 Å². The maximum atomic E-state index is 13.3. The minimum Gasteiger partial charge on any atom is -0.338 e. The molecule has 2 rings (SSSR count). The van der Waals surface area contributed by atoms with Crippen molar-refractivity contribution in [3.05, 3.63) is 30.1 Å². The van der Waals surface area contributed by atoms with Crippen molar-refractivity contribution < 1.29 is 9.18 Å². The summed E-state index contributed by atoms with van der Waals surface area (Å²) in [6.07, 6.45) is 3.27. The first kappa shape index (κ1) is 12.8. The molecule has 2 amide bonds. The molecule has 18 heavy (non-hydrogen) atoms. The largest absolute Gasteiger partial charge is 0.338 e. The van der Waals surface area contributed by atoms with E-state index in [2.05, 4.69) is 16.0 Å². The van der Waals surface area contributed by atoms with E-state index in [9.17, 15) is 9.18 Å². The molecule has 98 valence electrons. The van der Waals surface area contributed by atoms with E-state index in [0.29, 0.717) is 12.6 Å². The summed E-state index contributed by atoms with van der Waals surface area (Å²) in [7, 11) is 0. The summed E-state index contributed by atoms with van der Waals surface area (Å²) in [5.41, 5.74) is 0.203. The Bertz CT molecular complexity index is 405. The molecule has 0 saturated carbocycles. The molecule has 1 saturated heterocycles. The number of para-hydroxylation sites is 1. The van der Waals surface area contributed by atoms with E-state index in [0.717, 1.165) is 19.4 Å². The number of halogens is 1. The van der Waals surface area contributed by atoms with Gasteiger partial charge >= 0.3 is 6.03 Å². The third-order valence-corrected chi connectivity index (χ3v) is 3.06. The van der Waals surface area contributed by atoms with Crippen LogP contribution in [0.15, 0.2) is 24.3 Å². The number of rotatable bonds is 4. The molecular weight excluding hydrogens is 233 g/mol. The molecule has 1 fully saturated rings. The second-order valence-electron chi connectivity index (χ2n) is 4.44. The maximum absolute atomic E-state index is 13.3. The van der Waals surface area contributed by atoms with E-state index in [1.165, 1.54) is 18.6 Å². The van der Waals surface area contributed by atoms with Crippen molar-refractivity contribution in [2.75, 3.05) is 18.4 Å². The summed E-state index contributed by atoms with van der Waals surface area (Å²) in [6, 6.07) is 6.26. The molecule has 1 aliphatic rings. The van der Waals surface area contributed by atoms with E-state index >= 15 is 0 Å². The van der Waals surface area contributed by atoms with Crippen molar-refractivity contribution in [3.63, 3.8) is 0 Å². The van der Waals surface area contributed by atoms with Crippen LogP contribution in [0, 0.1) is 5.82 Å². The average Bonchev–Trinajstić information content (AvgIpc) is 2.85. The van der Waals surface area contributed by atoms with Crippen LogP contribution >= 0.6 is 0 Å². The fraction of sp³-hybridized carbons (Fsp3) is 0.462. The summed E-state index contributed by atoms with van der Waals surface area (Å²) in [5, 5.41) is 8.58. The molecule has 0 unspecified atom stereocenters. The Morgan fingerprint density at radius 3 is 3.00 bits per heavy atom. The van der Waals surface area contributed by atoms with Crippen molar-refractivity contribution in [1.29, 1.82) is 0 Å².